The van der Waals surface area contributed by atoms with E-state index in [1.54, 1.807) is 0 Å². The monoisotopic (exact) mass is 146 g/mol. The summed E-state index contributed by atoms with van der Waals surface area (Å²) in [5.41, 5.74) is 0.200. The van der Waals surface area contributed by atoms with Crippen LogP contribution in [-0.4, -0.2) is 17.3 Å². The highest BCUT2D eigenvalue weighted by molar-refractivity contribution is 7.99. The molecular weight excluding hydrogens is 132 g/mol. The normalized spacial score (nSPS) is 36.7. The van der Waals surface area contributed by atoms with Crippen LogP contribution in [0.5, 0.6) is 0 Å². The lowest BCUT2D eigenvalue weighted by Gasteiger charge is -2.32. The van der Waals surface area contributed by atoms with Crippen LogP contribution in [-0.2, 0) is 4.74 Å². The number of hydrogen-bond donors (Lipinski definition) is 0. The van der Waals surface area contributed by atoms with Crippen molar-refractivity contribution in [2.75, 3.05) is 11.7 Å². The molecule has 1 aliphatic heterocycles. The predicted molar refractivity (Wildman–Crippen MR) is 41.7 cm³/mol. The summed E-state index contributed by atoms with van der Waals surface area (Å²) in [6.45, 7) is 4.39. The number of ether oxygens (including phenoxy) is 1. The van der Waals surface area contributed by atoms with E-state index in [0.29, 0.717) is 0 Å². The molecule has 0 aliphatic carbocycles. The second-order valence-electron chi connectivity index (χ2n) is 2.72. The van der Waals surface area contributed by atoms with E-state index in [-0.39, 0.29) is 5.60 Å². The summed E-state index contributed by atoms with van der Waals surface area (Å²) in [5.74, 6) is 2.16. The highest BCUT2D eigenvalue weighted by Gasteiger charge is 2.25. The Morgan fingerprint density at radius 3 is 2.78 bits per heavy atom. The lowest BCUT2D eigenvalue weighted by atomic mass is 10.0. The van der Waals surface area contributed by atoms with Gasteiger partial charge in [0.2, 0.25) is 0 Å². The first-order valence-corrected chi connectivity index (χ1v) is 4.64. The standard InChI is InChI=1S/C7H14OS/c1-3-7(2)4-5-9-6-8-7/h3-6H2,1-2H3/t7-/m0/s1. The van der Waals surface area contributed by atoms with Gasteiger partial charge in [-0.1, -0.05) is 6.92 Å². The largest absolute Gasteiger partial charge is 0.365 e. The minimum absolute atomic E-state index is 0.200. The van der Waals surface area contributed by atoms with Gasteiger partial charge >= 0.3 is 0 Å². The predicted octanol–water partition coefficient (Wildman–Crippen LogP) is 2.27. The van der Waals surface area contributed by atoms with E-state index in [1.165, 1.54) is 12.2 Å². The van der Waals surface area contributed by atoms with Crippen molar-refractivity contribution in [3.05, 3.63) is 0 Å². The molecule has 0 saturated carbocycles. The van der Waals surface area contributed by atoms with Crippen LogP contribution in [0.2, 0.25) is 0 Å². The van der Waals surface area contributed by atoms with Crippen molar-refractivity contribution in [3.63, 3.8) is 0 Å². The third-order valence-corrected chi connectivity index (χ3v) is 2.79. The molecular formula is C7H14OS. The van der Waals surface area contributed by atoms with Gasteiger partial charge in [-0.2, -0.15) is 0 Å². The summed E-state index contributed by atoms with van der Waals surface area (Å²) in [4.78, 5) is 0. The van der Waals surface area contributed by atoms with E-state index < -0.39 is 0 Å². The lowest BCUT2D eigenvalue weighted by Crippen LogP contribution is -2.31. The Hall–Kier alpha value is 0.310. The molecule has 54 valence electrons. The second kappa shape index (κ2) is 2.93. The summed E-state index contributed by atoms with van der Waals surface area (Å²) >= 11 is 1.89. The fourth-order valence-corrected chi connectivity index (χ4v) is 1.94. The number of thioether (sulfide) groups is 1. The Morgan fingerprint density at radius 1 is 1.67 bits per heavy atom. The zero-order valence-electron chi connectivity index (χ0n) is 6.14. The zero-order chi connectivity index (χ0) is 6.74. The molecule has 0 radical (unpaired) electrons. The minimum Gasteiger partial charge on any atom is -0.365 e. The topological polar surface area (TPSA) is 9.23 Å². The van der Waals surface area contributed by atoms with Crippen molar-refractivity contribution in [3.8, 4) is 0 Å². The maximum atomic E-state index is 5.58. The molecule has 1 nitrogen and oxygen atoms in total. The SMILES string of the molecule is CC[C@@]1(C)CCSCO1. The zero-order valence-corrected chi connectivity index (χ0v) is 6.96. The van der Waals surface area contributed by atoms with Crippen molar-refractivity contribution < 1.29 is 4.74 Å². The fourth-order valence-electron chi connectivity index (χ4n) is 0.882. The van der Waals surface area contributed by atoms with Crippen molar-refractivity contribution in [2.45, 2.75) is 32.3 Å². The van der Waals surface area contributed by atoms with Crippen LogP contribution in [0.4, 0.5) is 0 Å². The number of hydrogen-bond acceptors (Lipinski definition) is 2. The Balaban J connectivity index is 2.37. The summed E-state index contributed by atoms with van der Waals surface area (Å²) in [6.07, 6.45) is 2.36. The Kier molecular flexibility index (Phi) is 2.42. The summed E-state index contributed by atoms with van der Waals surface area (Å²) in [5, 5.41) is 0. The molecule has 1 heterocycles. The van der Waals surface area contributed by atoms with Crippen LogP contribution in [0.3, 0.4) is 0 Å². The smallest absolute Gasteiger partial charge is 0.0928 e. The molecule has 0 bridgehead atoms. The van der Waals surface area contributed by atoms with Crippen LogP contribution in [0.1, 0.15) is 26.7 Å². The molecule has 0 spiro atoms. The quantitative estimate of drug-likeness (QED) is 0.561. The Bertz CT molecular complexity index is 86.9. The van der Waals surface area contributed by atoms with Crippen LogP contribution in [0, 0.1) is 0 Å². The molecule has 1 saturated heterocycles. The second-order valence-corrected chi connectivity index (χ2v) is 3.78. The minimum atomic E-state index is 0.200. The first-order chi connectivity index (χ1) is 4.27. The van der Waals surface area contributed by atoms with E-state index in [4.69, 9.17) is 4.74 Å². The molecule has 1 atom stereocenters. The van der Waals surface area contributed by atoms with Gasteiger partial charge in [-0.3, -0.25) is 0 Å². The highest BCUT2D eigenvalue weighted by atomic mass is 32.2. The average molecular weight is 146 g/mol. The fraction of sp³-hybridized carbons (Fsp3) is 1.00. The van der Waals surface area contributed by atoms with Crippen LogP contribution in [0.15, 0.2) is 0 Å². The molecule has 1 aliphatic rings. The van der Waals surface area contributed by atoms with Gasteiger partial charge in [-0.05, 0) is 25.5 Å². The molecule has 0 aromatic carbocycles. The van der Waals surface area contributed by atoms with Crippen LogP contribution < -0.4 is 0 Å². The van der Waals surface area contributed by atoms with E-state index in [9.17, 15) is 0 Å². The maximum Gasteiger partial charge on any atom is 0.0928 e. The molecule has 0 amide bonds. The van der Waals surface area contributed by atoms with Crippen LogP contribution >= 0.6 is 11.8 Å². The molecule has 0 aromatic heterocycles. The van der Waals surface area contributed by atoms with Crippen molar-refractivity contribution in [2.24, 2.45) is 0 Å². The Morgan fingerprint density at radius 2 is 2.44 bits per heavy atom. The van der Waals surface area contributed by atoms with Crippen molar-refractivity contribution in [1.29, 1.82) is 0 Å². The van der Waals surface area contributed by atoms with Gasteiger partial charge in [0, 0.05) is 0 Å². The summed E-state index contributed by atoms with van der Waals surface area (Å²) < 4.78 is 5.58. The molecule has 0 N–H and O–H groups in total. The first kappa shape index (κ1) is 7.42. The Labute approximate surface area is 61.2 Å². The van der Waals surface area contributed by atoms with Gasteiger partial charge in [-0.15, -0.1) is 11.8 Å². The van der Waals surface area contributed by atoms with Gasteiger partial charge in [0.1, 0.15) is 0 Å². The van der Waals surface area contributed by atoms with Gasteiger partial charge in [-0.25, -0.2) is 0 Å². The third-order valence-electron chi connectivity index (χ3n) is 2.01. The van der Waals surface area contributed by atoms with Crippen LogP contribution in [0.25, 0.3) is 0 Å². The van der Waals surface area contributed by atoms with E-state index in [0.717, 1.165) is 12.4 Å². The molecule has 2 heteroatoms. The van der Waals surface area contributed by atoms with Crippen molar-refractivity contribution >= 4 is 11.8 Å². The number of rotatable bonds is 1. The third kappa shape index (κ3) is 1.87. The average Bonchev–Trinajstić information content (AvgIpc) is 1.90. The van der Waals surface area contributed by atoms with E-state index >= 15 is 0 Å². The highest BCUT2D eigenvalue weighted by Crippen LogP contribution is 2.28. The molecule has 9 heavy (non-hydrogen) atoms. The lowest BCUT2D eigenvalue weighted by molar-refractivity contribution is -0.0151. The molecule has 1 fully saturated rings. The molecule has 0 aromatic rings. The first-order valence-electron chi connectivity index (χ1n) is 3.48. The molecule has 1 rings (SSSR count). The summed E-state index contributed by atoms with van der Waals surface area (Å²) in [7, 11) is 0. The van der Waals surface area contributed by atoms with Gasteiger partial charge in [0.25, 0.3) is 0 Å². The summed E-state index contributed by atoms with van der Waals surface area (Å²) in [6, 6.07) is 0. The van der Waals surface area contributed by atoms with Gasteiger partial charge in [0.15, 0.2) is 0 Å². The van der Waals surface area contributed by atoms with E-state index in [1.807, 2.05) is 11.8 Å². The van der Waals surface area contributed by atoms with Gasteiger partial charge in [0.05, 0.1) is 11.5 Å². The van der Waals surface area contributed by atoms with Gasteiger partial charge < -0.3 is 4.74 Å². The molecule has 0 unspecified atom stereocenters. The van der Waals surface area contributed by atoms with Crippen molar-refractivity contribution in [1.82, 2.24) is 0 Å². The van der Waals surface area contributed by atoms with E-state index in [2.05, 4.69) is 13.8 Å². The maximum absolute atomic E-state index is 5.58.